The van der Waals surface area contributed by atoms with Gasteiger partial charge >= 0.3 is 11.9 Å². The van der Waals surface area contributed by atoms with Crippen LogP contribution in [0, 0.1) is 0 Å². The molecule has 0 saturated heterocycles. The molecule has 0 saturated carbocycles. The van der Waals surface area contributed by atoms with Crippen LogP contribution in [0.25, 0.3) is 0 Å². The molecule has 0 aliphatic heterocycles. The van der Waals surface area contributed by atoms with Crippen LogP contribution in [0.5, 0.6) is 5.75 Å². The zero-order valence-electron chi connectivity index (χ0n) is 22.0. The second-order valence-corrected chi connectivity index (χ2v) is 9.01. The average Bonchev–Trinajstić information content (AvgIpc) is 2.89. The van der Waals surface area contributed by atoms with Crippen molar-refractivity contribution in [1.29, 1.82) is 0 Å². The van der Waals surface area contributed by atoms with Crippen molar-refractivity contribution >= 4 is 41.5 Å². The van der Waals surface area contributed by atoms with E-state index in [9.17, 15) is 43.8 Å². The number of carbonyl (C=O) groups is 7. The van der Waals surface area contributed by atoms with Crippen LogP contribution in [0.3, 0.4) is 0 Å². The van der Waals surface area contributed by atoms with E-state index in [0.717, 1.165) is 6.92 Å². The van der Waals surface area contributed by atoms with E-state index in [0.29, 0.717) is 5.56 Å². The number of aliphatic hydroxyl groups is 1. The second-order valence-electron chi connectivity index (χ2n) is 9.01. The molecule has 41 heavy (non-hydrogen) atoms. The largest absolute Gasteiger partial charge is 0.508 e. The first-order chi connectivity index (χ1) is 19.1. The molecule has 1 aromatic rings. The predicted octanol–water partition coefficient (Wildman–Crippen LogP) is -3.96. The summed E-state index contributed by atoms with van der Waals surface area (Å²) in [7, 11) is 0. The highest BCUT2D eigenvalue weighted by Crippen LogP contribution is 2.12. The molecule has 1 rings (SSSR count). The summed E-state index contributed by atoms with van der Waals surface area (Å²) < 4.78 is 0. The molecule has 12 N–H and O–H groups in total. The molecule has 5 atom stereocenters. The van der Waals surface area contributed by atoms with E-state index < -0.39 is 84.7 Å². The fourth-order valence-electron chi connectivity index (χ4n) is 3.30. The number of phenols is 1. The summed E-state index contributed by atoms with van der Waals surface area (Å²) >= 11 is 0. The number of aliphatic hydroxyl groups excluding tert-OH is 1. The lowest BCUT2D eigenvalue weighted by molar-refractivity contribution is -0.147. The van der Waals surface area contributed by atoms with Gasteiger partial charge in [0, 0.05) is 12.8 Å². The number of primary amides is 1. The summed E-state index contributed by atoms with van der Waals surface area (Å²) in [6.45, 7) is 0.213. The molecule has 0 aliphatic rings. The number of hydrogen-bond acceptors (Lipinski definition) is 10. The quantitative estimate of drug-likeness (QED) is 0.0841. The van der Waals surface area contributed by atoms with E-state index >= 15 is 0 Å². The monoisotopic (exact) mass is 582 g/mol. The Morgan fingerprint density at radius 3 is 1.85 bits per heavy atom. The van der Waals surface area contributed by atoms with Crippen LogP contribution in [-0.4, -0.2) is 98.7 Å². The first-order valence-electron chi connectivity index (χ1n) is 12.2. The van der Waals surface area contributed by atoms with E-state index in [-0.39, 0.29) is 25.0 Å². The van der Waals surface area contributed by atoms with Crippen molar-refractivity contribution in [2.75, 3.05) is 6.61 Å². The zero-order valence-corrected chi connectivity index (χ0v) is 22.0. The molecule has 0 aromatic heterocycles. The lowest BCUT2D eigenvalue weighted by Crippen LogP contribution is -2.59. The Morgan fingerprint density at radius 1 is 0.805 bits per heavy atom. The lowest BCUT2D eigenvalue weighted by Gasteiger charge is -2.24. The molecule has 17 nitrogen and oxygen atoms in total. The van der Waals surface area contributed by atoms with Gasteiger partial charge in [0.15, 0.2) is 0 Å². The molecule has 0 heterocycles. The highest BCUT2D eigenvalue weighted by Gasteiger charge is 2.31. The third-order valence-electron chi connectivity index (χ3n) is 5.61. The van der Waals surface area contributed by atoms with Crippen molar-refractivity contribution < 1.29 is 54.0 Å². The number of aliphatic carboxylic acids is 2. The number of nitrogens with two attached hydrogens (primary N) is 2. The maximum absolute atomic E-state index is 13.1. The van der Waals surface area contributed by atoms with Crippen molar-refractivity contribution in [3.05, 3.63) is 29.8 Å². The van der Waals surface area contributed by atoms with E-state index in [4.69, 9.17) is 21.7 Å². The van der Waals surface area contributed by atoms with Gasteiger partial charge in [-0.3, -0.25) is 28.8 Å². The molecule has 226 valence electrons. The average molecular weight is 583 g/mol. The highest BCUT2D eigenvalue weighted by molar-refractivity contribution is 5.95. The fourth-order valence-corrected chi connectivity index (χ4v) is 3.30. The number of rotatable bonds is 17. The van der Waals surface area contributed by atoms with Gasteiger partial charge < -0.3 is 53.2 Å². The Bertz CT molecular complexity index is 1130. The van der Waals surface area contributed by atoms with Gasteiger partial charge in [-0.15, -0.1) is 0 Å². The molecule has 0 radical (unpaired) electrons. The van der Waals surface area contributed by atoms with Crippen LogP contribution in [0.4, 0.5) is 0 Å². The number of carboxylic acid groups (broad SMARTS) is 2. The SMILES string of the molecule is C[C@H](NC(=O)[C@H](CO)NC(=O)[C@H](Cc1ccc(O)cc1)NC(=O)[C@@H](N)CCC(N)=O)C(=O)N[C@@H](CC(=O)O)C(=O)O. The van der Waals surface area contributed by atoms with Crippen LogP contribution in [0.2, 0.25) is 0 Å². The Balaban J connectivity index is 2.97. The molecular formula is C24H34N6O11. The van der Waals surface area contributed by atoms with Gasteiger partial charge in [-0.05, 0) is 31.0 Å². The van der Waals surface area contributed by atoms with Crippen LogP contribution < -0.4 is 32.7 Å². The number of nitrogens with one attached hydrogen (secondary N) is 4. The van der Waals surface area contributed by atoms with Gasteiger partial charge in [0.1, 0.15) is 29.9 Å². The minimum Gasteiger partial charge on any atom is -0.508 e. The zero-order chi connectivity index (χ0) is 31.3. The second kappa shape index (κ2) is 16.4. The standard InChI is InChI=1S/C24H34N6O11/c1-11(20(36)29-16(24(40)41)9-19(34)35)27-23(39)17(10-31)30-22(38)15(8-12-2-4-13(32)5-3-12)28-21(37)14(25)6-7-18(26)33/h2-5,11,14-17,31-32H,6-10,25H2,1H3,(H2,26,33)(H,27,39)(H,28,37)(H,29,36)(H,30,38)(H,34,35)(H,40,41)/t11-,14-,15-,16-,17-/m0/s1. The normalized spacial score (nSPS) is 14.3. The minimum atomic E-state index is -1.77. The van der Waals surface area contributed by atoms with Crippen LogP contribution in [0.15, 0.2) is 24.3 Å². The third-order valence-corrected chi connectivity index (χ3v) is 5.61. The number of carbonyl (C=O) groups excluding carboxylic acids is 5. The van der Waals surface area contributed by atoms with Crippen molar-refractivity contribution in [3.63, 3.8) is 0 Å². The fraction of sp³-hybridized carbons (Fsp3) is 0.458. The number of amides is 5. The van der Waals surface area contributed by atoms with Crippen molar-refractivity contribution in [1.82, 2.24) is 21.3 Å². The molecule has 0 spiro atoms. The summed E-state index contributed by atoms with van der Waals surface area (Å²) in [5, 5.41) is 45.8. The van der Waals surface area contributed by atoms with E-state index in [1.165, 1.54) is 24.3 Å². The minimum absolute atomic E-state index is 0.0555. The highest BCUT2D eigenvalue weighted by atomic mass is 16.4. The van der Waals surface area contributed by atoms with E-state index in [1.54, 1.807) is 0 Å². The van der Waals surface area contributed by atoms with Crippen LogP contribution in [0.1, 0.15) is 31.7 Å². The number of hydrogen-bond donors (Lipinski definition) is 10. The first-order valence-corrected chi connectivity index (χ1v) is 12.2. The molecule has 0 bridgehead atoms. The van der Waals surface area contributed by atoms with E-state index in [1.807, 2.05) is 5.32 Å². The van der Waals surface area contributed by atoms with Gasteiger partial charge in [0.25, 0.3) is 0 Å². The third kappa shape index (κ3) is 12.3. The smallest absolute Gasteiger partial charge is 0.326 e. The topological polar surface area (TPSA) is 301 Å². The summed E-state index contributed by atoms with van der Waals surface area (Å²) in [6.07, 6.45) is -1.35. The predicted molar refractivity (Wildman–Crippen MR) is 139 cm³/mol. The number of carboxylic acids is 2. The molecule has 1 aromatic carbocycles. The molecule has 5 amide bonds. The van der Waals surface area contributed by atoms with Crippen LogP contribution in [-0.2, 0) is 40.0 Å². The summed E-state index contributed by atoms with van der Waals surface area (Å²) in [5.74, 6) is -7.69. The van der Waals surface area contributed by atoms with Gasteiger partial charge in [0.2, 0.25) is 29.5 Å². The van der Waals surface area contributed by atoms with Gasteiger partial charge in [-0.25, -0.2) is 4.79 Å². The first kappa shape index (κ1) is 34.3. The number of benzene rings is 1. The molecule has 0 unspecified atom stereocenters. The molecule has 17 heteroatoms. The number of phenolic OH excluding ortho intramolecular Hbond substituents is 1. The van der Waals surface area contributed by atoms with Crippen molar-refractivity contribution in [2.45, 2.75) is 62.8 Å². The molecule has 0 aliphatic carbocycles. The Kier molecular flexibility index (Phi) is 13.7. The maximum atomic E-state index is 13.1. The van der Waals surface area contributed by atoms with Gasteiger partial charge in [-0.2, -0.15) is 0 Å². The van der Waals surface area contributed by atoms with Gasteiger partial charge in [-0.1, -0.05) is 12.1 Å². The summed E-state index contributed by atoms with van der Waals surface area (Å²) in [5.41, 5.74) is 11.3. The molecule has 0 fully saturated rings. The summed E-state index contributed by atoms with van der Waals surface area (Å²) in [6, 6.07) is -1.73. The van der Waals surface area contributed by atoms with Crippen molar-refractivity contribution in [3.8, 4) is 5.75 Å². The maximum Gasteiger partial charge on any atom is 0.326 e. The summed E-state index contributed by atoms with van der Waals surface area (Å²) in [4.78, 5) is 83.6. The Morgan fingerprint density at radius 2 is 1.34 bits per heavy atom. The Labute approximate surface area is 233 Å². The van der Waals surface area contributed by atoms with Crippen molar-refractivity contribution in [2.24, 2.45) is 11.5 Å². The van der Waals surface area contributed by atoms with Crippen LogP contribution >= 0.6 is 0 Å². The lowest BCUT2D eigenvalue weighted by atomic mass is 10.0. The van der Waals surface area contributed by atoms with Gasteiger partial charge in [0.05, 0.1) is 19.1 Å². The van der Waals surface area contributed by atoms with E-state index in [2.05, 4.69) is 16.0 Å². The molecular weight excluding hydrogens is 548 g/mol. The number of aromatic hydroxyl groups is 1. The Hall–Kier alpha value is -4.77.